The number of nitrogens with zero attached hydrogens (tertiary/aromatic N) is 1. The van der Waals surface area contributed by atoms with Crippen molar-refractivity contribution in [1.29, 1.82) is 0 Å². The van der Waals surface area contributed by atoms with Crippen molar-refractivity contribution in [2.45, 2.75) is 13.5 Å². The third-order valence-corrected chi connectivity index (χ3v) is 3.07. The Morgan fingerprint density at radius 3 is 2.78 bits per heavy atom. The van der Waals surface area contributed by atoms with Crippen LogP contribution in [0, 0.1) is 6.92 Å². The second-order valence-electron chi connectivity index (χ2n) is 4.03. The van der Waals surface area contributed by atoms with E-state index in [1.54, 1.807) is 13.3 Å². The Balaban J connectivity index is 2.08. The van der Waals surface area contributed by atoms with Crippen molar-refractivity contribution >= 4 is 21.6 Å². The van der Waals surface area contributed by atoms with Crippen LogP contribution in [0.4, 0.5) is 5.69 Å². The number of benzene rings is 1. The zero-order valence-corrected chi connectivity index (χ0v) is 12.0. The maximum Gasteiger partial charge on any atom is 0.142 e. The highest BCUT2D eigenvalue weighted by molar-refractivity contribution is 9.10. The highest BCUT2D eigenvalue weighted by Crippen LogP contribution is 2.25. The summed E-state index contributed by atoms with van der Waals surface area (Å²) >= 11 is 3.37. The molecule has 0 aliphatic carbocycles. The van der Waals surface area contributed by atoms with Crippen LogP contribution < -0.4 is 10.1 Å². The van der Waals surface area contributed by atoms with E-state index < -0.39 is 0 Å². The minimum Gasteiger partial charge on any atom is -0.495 e. The molecule has 94 valence electrons. The average molecular weight is 307 g/mol. The van der Waals surface area contributed by atoms with Gasteiger partial charge in [-0.3, -0.25) is 4.98 Å². The van der Waals surface area contributed by atoms with Gasteiger partial charge in [-0.15, -0.1) is 0 Å². The number of rotatable bonds is 4. The molecule has 0 radical (unpaired) electrons. The smallest absolute Gasteiger partial charge is 0.142 e. The fraction of sp³-hybridized carbons (Fsp3) is 0.214. The number of methoxy groups -OCH3 is 1. The van der Waals surface area contributed by atoms with Crippen molar-refractivity contribution in [2.24, 2.45) is 0 Å². The van der Waals surface area contributed by atoms with Gasteiger partial charge in [-0.05, 0) is 52.7 Å². The molecule has 18 heavy (non-hydrogen) atoms. The van der Waals surface area contributed by atoms with Crippen LogP contribution in [0.5, 0.6) is 5.75 Å². The van der Waals surface area contributed by atoms with Crippen LogP contribution in [0.1, 0.15) is 11.3 Å². The van der Waals surface area contributed by atoms with Crippen molar-refractivity contribution in [3.63, 3.8) is 0 Å². The number of halogens is 1. The van der Waals surface area contributed by atoms with Gasteiger partial charge in [0, 0.05) is 10.7 Å². The number of hydrogen-bond donors (Lipinski definition) is 1. The number of anilines is 1. The fourth-order valence-corrected chi connectivity index (χ4v) is 1.88. The summed E-state index contributed by atoms with van der Waals surface area (Å²) in [5, 5.41) is 3.32. The van der Waals surface area contributed by atoms with Gasteiger partial charge >= 0.3 is 0 Å². The van der Waals surface area contributed by atoms with Crippen molar-refractivity contribution in [3.05, 3.63) is 52.3 Å². The van der Waals surface area contributed by atoms with Gasteiger partial charge in [0.25, 0.3) is 0 Å². The largest absolute Gasteiger partial charge is 0.495 e. The number of ether oxygens (including phenoxy) is 1. The maximum atomic E-state index is 5.34. The number of aryl methyl sites for hydroxylation is 1. The van der Waals surface area contributed by atoms with E-state index in [-0.39, 0.29) is 0 Å². The summed E-state index contributed by atoms with van der Waals surface area (Å²) in [6.07, 6.45) is 1.80. The number of aromatic nitrogens is 1. The number of pyridine rings is 1. The van der Waals surface area contributed by atoms with Gasteiger partial charge < -0.3 is 10.1 Å². The molecule has 0 saturated carbocycles. The Labute approximate surface area is 115 Å². The summed E-state index contributed by atoms with van der Waals surface area (Å²) in [4.78, 5) is 4.32. The Bertz CT molecular complexity index is 526. The first kappa shape index (κ1) is 12.9. The first-order valence-electron chi connectivity index (χ1n) is 5.68. The molecule has 1 heterocycles. The molecular weight excluding hydrogens is 292 g/mol. The van der Waals surface area contributed by atoms with E-state index in [1.807, 2.05) is 31.2 Å². The molecule has 2 aromatic rings. The third kappa shape index (κ3) is 3.23. The second-order valence-corrected chi connectivity index (χ2v) is 4.94. The highest BCUT2D eigenvalue weighted by Gasteiger charge is 2.03. The van der Waals surface area contributed by atoms with E-state index in [0.29, 0.717) is 6.54 Å². The normalized spacial score (nSPS) is 10.2. The van der Waals surface area contributed by atoms with Gasteiger partial charge in [-0.1, -0.05) is 6.07 Å². The lowest BCUT2D eigenvalue weighted by atomic mass is 10.2. The lowest BCUT2D eigenvalue weighted by molar-refractivity contribution is 0.416. The Morgan fingerprint density at radius 1 is 1.28 bits per heavy atom. The van der Waals surface area contributed by atoms with Crippen LogP contribution in [0.25, 0.3) is 0 Å². The quantitative estimate of drug-likeness (QED) is 0.933. The van der Waals surface area contributed by atoms with Gasteiger partial charge in [-0.2, -0.15) is 0 Å². The van der Waals surface area contributed by atoms with Gasteiger partial charge in [0.2, 0.25) is 0 Å². The monoisotopic (exact) mass is 306 g/mol. The molecule has 0 bridgehead atoms. The maximum absolute atomic E-state index is 5.34. The summed E-state index contributed by atoms with van der Waals surface area (Å²) in [6.45, 7) is 2.72. The molecule has 0 atom stereocenters. The van der Waals surface area contributed by atoms with E-state index in [9.17, 15) is 0 Å². The lowest BCUT2D eigenvalue weighted by Gasteiger charge is -2.11. The number of nitrogens with one attached hydrogen (secondary N) is 1. The van der Waals surface area contributed by atoms with E-state index in [4.69, 9.17) is 4.74 Å². The second kappa shape index (κ2) is 5.87. The zero-order chi connectivity index (χ0) is 13.0. The molecule has 3 nitrogen and oxygen atoms in total. The van der Waals surface area contributed by atoms with Gasteiger partial charge in [0.1, 0.15) is 5.75 Å². The van der Waals surface area contributed by atoms with Gasteiger partial charge in [0.15, 0.2) is 0 Å². The number of hydrogen-bond acceptors (Lipinski definition) is 3. The van der Waals surface area contributed by atoms with E-state index in [1.165, 1.54) is 5.56 Å². The van der Waals surface area contributed by atoms with Crippen LogP contribution in [-0.2, 0) is 6.54 Å². The molecule has 2 rings (SSSR count). The molecule has 0 fully saturated rings. The molecule has 1 aromatic heterocycles. The molecular formula is C14H15BrN2O. The first-order valence-corrected chi connectivity index (χ1v) is 6.47. The predicted molar refractivity (Wildman–Crippen MR) is 77.0 cm³/mol. The molecule has 4 heteroatoms. The standard InChI is InChI=1S/C14H15BrN2O/c1-10-3-6-13(14(7-10)18-2)17-9-12-5-4-11(15)8-16-12/h3-8,17H,9H2,1-2H3. The summed E-state index contributed by atoms with van der Waals surface area (Å²) in [5.41, 5.74) is 3.15. The molecule has 0 amide bonds. The molecule has 1 aromatic carbocycles. The molecule has 1 N–H and O–H groups in total. The van der Waals surface area contributed by atoms with Crippen molar-refractivity contribution < 1.29 is 4.74 Å². The van der Waals surface area contributed by atoms with Crippen LogP contribution >= 0.6 is 15.9 Å². The summed E-state index contributed by atoms with van der Waals surface area (Å²) in [5.74, 6) is 0.854. The van der Waals surface area contributed by atoms with E-state index in [2.05, 4.69) is 32.3 Å². The van der Waals surface area contributed by atoms with Gasteiger partial charge in [0.05, 0.1) is 25.0 Å². The molecule has 0 saturated heterocycles. The summed E-state index contributed by atoms with van der Waals surface area (Å²) in [7, 11) is 1.68. The lowest BCUT2D eigenvalue weighted by Crippen LogP contribution is -2.03. The average Bonchev–Trinajstić information content (AvgIpc) is 2.39. The van der Waals surface area contributed by atoms with E-state index in [0.717, 1.165) is 21.6 Å². The van der Waals surface area contributed by atoms with Crippen molar-refractivity contribution in [2.75, 3.05) is 12.4 Å². The summed E-state index contributed by atoms with van der Waals surface area (Å²) < 4.78 is 6.33. The minimum atomic E-state index is 0.673. The van der Waals surface area contributed by atoms with Gasteiger partial charge in [-0.25, -0.2) is 0 Å². The first-order chi connectivity index (χ1) is 8.69. The fourth-order valence-electron chi connectivity index (χ4n) is 1.64. The van der Waals surface area contributed by atoms with Crippen molar-refractivity contribution in [1.82, 2.24) is 4.98 Å². The van der Waals surface area contributed by atoms with Crippen LogP contribution in [0.15, 0.2) is 41.0 Å². The topological polar surface area (TPSA) is 34.1 Å². The Morgan fingerprint density at radius 2 is 2.11 bits per heavy atom. The Kier molecular flexibility index (Phi) is 4.20. The molecule has 0 spiro atoms. The van der Waals surface area contributed by atoms with Crippen LogP contribution in [0.2, 0.25) is 0 Å². The van der Waals surface area contributed by atoms with E-state index >= 15 is 0 Å². The Hall–Kier alpha value is -1.55. The van der Waals surface area contributed by atoms with Crippen LogP contribution in [-0.4, -0.2) is 12.1 Å². The van der Waals surface area contributed by atoms with Crippen LogP contribution in [0.3, 0.4) is 0 Å². The predicted octanol–water partition coefficient (Wildman–Crippen LogP) is 3.77. The third-order valence-electron chi connectivity index (χ3n) is 2.61. The zero-order valence-electron chi connectivity index (χ0n) is 10.4. The molecule has 0 aliphatic rings. The molecule has 0 aliphatic heterocycles. The SMILES string of the molecule is COc1cc(C)ccc1NCc1ccc(Br)cn1. The molecule has 0 unspecified atom stereocenters. The highest BCUT2D eigenvalue weighted by atomic mass is 79.9. The van der Waals surface area contributed by atoms with Crippen molar-refractivity contribution in [3.8, 4) is 5.75 Å². The minimum absolute atomic E-state index is 0.673. The summed E-state index contributed by atoms with van der Waals surface area (Å²) in [6, 6.07) is 10.1.